The summed E-state index contributed by atoms with van der Waals surface area (Å²) in [7, 11) is -2.74. The first-order valence-corrected chi connectivity index (χ1v) is 6.76. The minimum Gasteiger partial charge on any atom is -0.478 e. The number of likely N-dealkylation sites (N-methyl/N-ethyl adjacent to an activating group) is 2. The molecule has 0 aliphatic carbocycles. The smallest absolute Gasteiger partial charge is 0.340 e. The Balaban J connectivity index is 3.17. The van der Waals surface area contributed by atoms with Crippen LogP contribution in [0, 0.1) is 0 Å². The molecule has 0 bridgehead atoms. The van der Waals surface area contributed by atoms with E-state index < -0.39 is 39.0 Å². The average molecular weight is 290 g/mol. The third kappa shape index (κ3) is 3.09. The molecule has 1 aromatic heterocycles. The van der Waals surface area contributed by atoms with E-state index in [1.54, 1.807) is 0 Å². The Hall–Kier alpha value is -1.94. The van der Waals surface area contributed by atoms with Gasteiger partial charge in [-0.15, -0.1) is 0 Å². The largest absolute Gasteiger partial charge is 0.478 e. The summed E-state index contributed by atoms with van der Waals surface area (Å²) in [5.74, 6) is -1.91. The van der Waals surface area contributed by atoms with E-state index in [-0.39, 0.29) is 6.54 Å². The van der Waals surface area contributed by atoms with Gasteiger partial charge in [-0.3, -0.25) is 9.89 Å². The van der Waals surface area contributed by atoms with Crippen molar-refractivity contribution in [3.63, 3.8) is 0 Å². The molecule has 0 saturated carbocycles. The normalized spacial score (nSPS) is 11.5. The zero-order valence-electron chi connectivity index (χ0n) is 10.4. The van der Waals surface area contributed by atoms with Crippen molar-refractivity contribution >= 4 is 21.9 Å². The third-order valence-electron chi connectivity index (χ3n) is 2.38. The zero-order valence-corrected chi connectivity index (χ0v) is 11.2. The van der Waals surface area contributed by atoms with Crippen LogP contribution in [0.5, 0.6) is 0 Å². The van der Waals surface area contributed by atoms with Gasteiger partial charge in [-0.05, 0) is 0 Å². The fourth-order valence-electron chi connectivity index (χ4n) is 1.36. The number of hydrogen-bond acceptors (Lipinski definition) is 5. The number of rotatable bonds is 6. The molecule has 3 N–H and O–H groups in total. The second-order valence-electron chi connectivity index (χ2n) is 3.52. The first-order chi connectivity index (χ1) is 8.84. The number of carboxylic acids is 1. The molecule has 106 valence electrons. The van der Waals surface area contributed by atoms with E-state index in [4.69, 9.17) is 5.11 Å². The van der Waals surface area contributed by atoms with Crippen LogP contribution in [0.4, 0.5) is 0 Å². The zero-order chi connectivity index (χ0) is 14.6. The van der Waals surface area contributed by atoms with Gasteiger partial charge in [0.1, 0.15) is 5.56 Å². The molecule has 0 spiro atoms. The molecule has 9 nitrogen and oxygen atoms in total. The Kier molecular flexibility index (Phi) is 4.62. The lowest BCUT2D eigenvalue weighted by Crippen LogP contribution is -2.40. The maximum Gasteiger partial charge on any atom is 0.340 e. The van der Waals surface area contributed by atoms with Gasteiger partial charge in [0, 0.05) is 13.6 Å². The molecule has 0 unspecified atom stereocenters. The fourth-order valence-corrected chi connectivity index (χ4v) is 2.83. The van der Waals surface area contributed by atoms with Crippen LogP contribution in [-0.4, -0.2) is 60.0 Å². The number of sulfonamides is 1. The highest BCUT2D eigenvalue weighted by molar-refractivity contribution is 7.89. The fraction of sp³-hybridized carbons (Fsp3) is 0.444. The molecule has 1 amide bonds. The van der Waals surface area contributed by atoms with Gasteiger partial charge in [0.25, 0.3) is 10.0 Å². The number of aromatic carboxylic acids is 1. The van der Waals surface area contributed by atoms with Crippen LogP contribution < -0.4 is 5.32 Å². The van der Waals surface area contributed by atoms with Crippen LogP contribution in [0.1, 0.15) is 17.3 Å². The molecule has 0 atom stereocenters. The number of hydrogen-bond donors (Lipinski definition) is 3. The summed E-state index contributed by atoms with van der Waals surface area (Å²) in [5, 5.41) is 16.2. The second kappa shape index (κ2) is 5.80. The van der Waals surface area contributed by atoms with Crippen LogP contribution >= 0.6 is 0 Å². The summed E-state index contributed by atoms with van der Waals surface area (Å²) >= 11 is 0. The van der Waals surface area contributed by atoms with Crippen molar-refractivity contribution < 1.29 is 23.1 Å². The molecule has 0 aliphatic heterocycles. The molecule has 0 saturated heterocycles. The highest BCUT2D eigenvalue weighted by Gasteiger charge is 2.31. The van der Waals surface area contributed by atoms with Gasteiger partial charge in [-0.1, -0.05) is 6.92 Å². The SMILES string of the molecule is CCN(CC(=O)NC)S(=O)(=O)c1[nH]ncc1C(=O)O. The Morgan fingerprint density at radius 3 is 2.63 bits per heavy atom. The van der Waals surface area contributed by atoms with Crippen molar-refractivity contribution in [2.24, 2.45) is 0 Å². The van der Waals surface area contributed by atoms with E-state index in [0.29, 0.717) is 0 Å². The molecule has 0 radical (unpaired) electrons. The summed E-state index contributed by atoms with van der Waals surface area (Å²) in [6.07, 6.45) is 0.906. The number of carboxylic acid groups (broad SMARTS) is 1. The Labute approximate surface area is 109 Å². The Bertz CT molecular complexity index is 579. The van der Waals surface area contributed by atoms with E-state index in [0.717, 1.165) is 10.5 Å². The van der Waals surface area contributed by atoms with E-state index in [9.17, 15) is 18.0 Å². The van der Waals surface area contributed by atoms with Gasteiger partial charge in [-0.2, -0.15) is 9.40 Å². The molecule has 1 heterocycles. The van der Waals surface area contributed by atoms with Gasteiger partial charge < -0.3 is 10.4 Å². The highest BCUT2D eigenvalue weighted by Crippen LogP contribution is 2.17. The molecule has 0 aromatic carbocycles. The first-order valence-electron chi connectivity index (χ1n) is 5.32. The minimum atomic E-state index is -4.12. The number of aromatic nitrogens is 2. The lowest BCUT2D eigenvalue weighted by Gasteiger charge is -2.18. The predicted molar refractivity (Wildman–Crippen MR) is 64.0 cm³/mol. The number of nitrogens with one attached hydrogen (secondary N) is 2. The summed E-state index contributed by atoms with van der Waals surface area (Å²) in [5.41, 5.74) is -0.463. The van der Waals surface area contributed by atoms with Crippen molar-refractivity contribution in [2.45, 2.75) is 11.9 Å². The topological polar surface area (TPSA) is 132 Å². The number of aromatic amines is 1. The maximum atomic E-state index is 12.2. The summed E-state index contributed by atoms with van der Waals surface area (Å²) < 4.78 is 25.3. The number of H-pyrrole nitrogens is 1. The maximum absolute atomic E-state index is 12.2. The average Bonchev–Trinajstić information content (AvgIpc) is 2.85. The van der Waals surface area contributed by atoms with Crippen molar-refractivity contribution in [1.82, 2.24) is 19.8 Å². The summed E-state index contributed by atoms with van der Waals surface area (Å²) in [6.45, 7) is 1.17. The standard InChI is InChI=1S/C9H14N4O5S/c1-3-13(5-7(14)10-2)19(17,18)8-6(9(15)16)4-11-12-8/h4H,3,5H2,1-2H3,(H,10,14)(H,11,12)(H,15,16). The third-order valence-corrected chi connectivity index (χ3v) is 4.28. The molecule has 1 aromatic rings. The molecule has 0 fully saturated rings. The summed E-state index contributed by atoms with van der Waals surface area (Å²) in [6, 6.07) is 0. The van der Waals surface area contributed by atoms with E-state index in [1.807, 2.05) is 0 Å². The molecule has 19 heavy (non-hydrogen) atoms. The van der Waals surface area contributed by atoms with E-state index in [2.05, 4.69) is 15.5 Å². The molecular formula is C9H14N4O5S. The van der Waals surface area contributed by atoms with Crippen molar-refractivity contribution in [2.75, 3.05) is 20.1 Å². The highest BCUT2D eigenvalue weighted by atomic mass is 32.2. The lowest BCUT2D eigenvalue weighted by atomic mass is 10.4. The molecule has 10 heteroatoms. The lowest BCUT2D eigenvalue weighted by molar-refractivity contribution is -0.120. The Morgan fingerprint density at radius 2 is 2.16 bits per heavy atom. The van der Waals surface area contributed by atoms with Crippen LogP contribution in [0.15, 0.2) is 11.2 Å². The van der Waals surface area contributed by atoms with Crippen LogP contribution in [0.2, 0.25) is 0 Å². The van der Waals surface area contributed by atoms with Gasteiger partial charge in [0.05, 0.1) is 12.7 Å². The van der Waals surface area contributed by atoms with Gasteiger partial charge >= 0.3 is 5.97 Å². The Morgan fingerprint density at radius 1 is 1.53 bits per heavy atom. The number of carbonyl (C=O) groups is 2. The number of nitrogens with zero attached hydrogens (tertiary/aromatic N) is 2. The molecular weight excluding hydrogens is 276 g/mol. The second-order valence-corrected chi connectivity index (χ2v) is 5.40. The van der Waals surface area contributed by atoms with Crippen LogP contribution in [0.25, 0.3) is 0 Å². The van der Waals surface area contributed by atoms with Gasteiger partial charge in [-0.25, -0.2) is 13.2 Å². The minimum absolute atomic E-state index is 0.0217. The van der Waals surface area contributed by atoms with E-state index in [1.165, 1.54) is 14.0 Å². The number of amides is 1. The van der Waals surface area contributed by atoms with Gasteiger partial charge in [0.15, 0.2) is 5.03 Å². The summed E-state index contributed by atoms with van der Waals surface area (Å²) in [4.78, 5) is 22.2. The van der Waals surface area contributed by atoms with Crippen molar-refractivity contribution in [3.05, 3.63) is 11.8 Å². The van der Waals surface area contributed by atoms with Crippen molar-refractivity contribution in [3.8, 4) is 0 Å². The van der Waals surface area contributed by atoms with Crippen molar-refractivity contribution in [1.29, 1.82) is 0 Å². The molecule has 1 rings (SSSR count). The number of carbonyl (C=O) groups excluding carboxylic acids is 1. The quantitative estimate of drug-likeness (QED) is 0.607. The monoisotopic (exact) mass is 290 g/mol. The van der Waals surface area contributed by atoms with Crippen LogP contribution in [-0.2, 0) is 14.8 Å². The van der Waals surface area contributed by atoms with Crippen LogP contribution in [0.3, 0.4) is 0 Å². The van der Waals surface area contributed by atoms with Gasteiger partial charge in [0.2, 0.25) is 5.91 Å². The predicted octanol–water partition coefficient (Wildman–Crippen LogP) is -1.14. The van der Waals surface area contributed by atoms with E-state index >= 15 is 0 Å². The molecule has 0 aliphatic rings. The first kappa shape index (κ1) is 15.1.